The highest BCUT2D eigenvalue weighted by molar-refractivity contribution is 5.82. The van der Waals surface area contributed by atoms with Gasteiger partial charge in [0.05, 0.1) is 7.11 Å². The Morgan fingerprint density at radius 2 is 1.93 bits per heavy atom. The number of methoxy groups -OCH3 is 1. The van der Waals surface area contributed by atoms with Crippen molar-refractivity contribution in [3.63, 3.8) is 0 Å². The number of hydrogen-bond acceptors (Lipinski definition) is 2. The molecule has 2 nitrogen and oxygen atoms in total. The molecule has 0 spiro atoms. The van der Waals surface area contributed by atoms with E-state index >= 15 is 0 Å². The van der Waals surface area contributed by atoms with E-state index in [2.05, 4.69) is 4.74 Å². The topological polar surface area (TPSA) is 26.3 Å². The molecule has 0 bridgehead atoms. The average molecular weight is 188 g/mol. The van der Waals surface area contributed by atoms with Gasteiger partial charge in [0.25, 0.3) is 0 Å². The molecule has 0 aliphatic rings. The summed E-state index contributed by atoms with van der Waals surface area (Å²) in [5, 5.41) is 0. The van der Waals surface area contributed by atoms with E-state index in [4.69, 9.17) is 0 Å². The lowest BCUT2D eigenvalue weighted by Gasteiger charge is -1.89. The monoisotopic (exact) mass is 188 g/mol. The van der Waals surface area contributed by atoms with Crippen molar-refractivity contribution in [3.8, 4) is 0 Å². The molecule has 72 valence electrons. The lowest BCUT2D eigenvalue weighted by atomic mass is 10.2. The number of esters is 1. The molecule has 0 saturated heterocycles. The number of carbonyl (C=O) groups is 1. The van der Waals surface area contributed by atoms with Gasteiger partial charge in [0, 0.05) is 6.08 Å². The molecule has 0 unspecified atom stereocenters. The van der Waals surface area contributed by atoms with Gasteiger partial charge in [0.15, 0.2) is 0 Å². The van der Waals surface area contributed by atoms with E-state index in [1.54, 1.807) is 12.2 Å². The van der Waals surface area contributed by atoms with E-state index in [1.807, 2.05) is 36.4 Å². The van der Waals surface area contributed by atoms with E-state index in [9.17, 15) is 4.79 Å². The molecule has 0 aliphatic carbocycles. The predicted octanol–water partition coefficient (Wildman–Crippen LogP) is 2.43. The largest absolute Gasteiger partial charge is 0.466 e. The Kier molecular flexibility index (Phi) is 4.21. The van der Waals surface area contributed by atoms with Gasteiger partial charge in [-0.3, -0.25) is 0 Å². The number of rotatable bonds is 3. The highest BCUT2D eigenvalue weighted by Gasteiger charge is 1.86. The lowest BCUT2D eigenvalue weighted by molar-refractivity contribution is -0.134. The molecule has 0 amide bonds. The number of carbonyl (C=O) groups excluding carboxylic acids is 1. The van der Waals surface area contributed by atoms with E-state index in [0.717, 1.165) is 5.56 Å². The molecule has 0 saturated carbocycles. The smallest absolute Gasteiger partial charge is 0.330 e. The normalized spacial score (nSPS) is 10.9. The molecule has 14 heavy (non-hydrogen) atoms. The van der Waals surface area contributed by atoms with Gasteiger partial charge in [-0.05, 0) is 5.56 Å². The van der Waals surface area contributed by atoms with Crippen molar-refractivity contribution >= 4 is 12.0 Å². The Morgan fingerprint density at radius 3 is 2.57 bits per heavy atom. The highest BCUT2D eigenvalue weighted by Crippen LogP contribution is 2.00. The summed E-state index contributed by atoms with van der Waals surface area (Å²) >= 11 is 0. The van der Waals surface area contributed by atoms with Gasteiger partial charge in [-0.25, -0.2) is 4.79 Å². The minimum atomic E-state index is -0.345. The van der Waals surface area contributed by atoms with E-state index in [0.29, 0.717) is 0 Å². The average Bonchev–Trinajstić information content (AvgIpc) is 2.25. The summed E-state index contributed by atoms with van der Waals surface area (Å²) in [6.45, 7) is 0. The molecule has 0 aromatic heterocycles. The van der Waals surface area contributed by atoms with E-state index in [-0.39, 0.29) is 5.97 Å². The van der Waals surface area contributed by atoms with Crippen LogP contribution in [0.25, 0.3) is 6.08 Å². The maximum atomic E-state index is 10.7. The predicted molar refractivity (Wildman–Crippen MR) is 56.6 cm³/mol. The standard InChI is InChI=1S/C12H12O2/c1-14-12(13)10-6-5-9-11-7-3-2-4-8-11/h2-10H,1H3/b9-5+,10-6-. The molecule has 1 aromatic carbocycles. The van der Waals surface area contributed by atoms with Crippen LogP contribution in [0.4, 0.5) is 0 Å². The number of benzene rings is 1. The second kappa shape index (κ2) is 5.75. The van der Waals surface area contributed by atoms with Crippen LogP contribution in [0.1, 0.15) is 5.56 Å². The first kappa shape index (κ1) is 10.3. The summed E-state index contributed by atoms with van der Waals surface area (Å²) in [7, 11) is 1.35. The van der Waals surface area contributed by atoms with Crippen molar-refractivity contribution in [1.82, 2.24) is 0 Å². The maximum Gasteiger partial charge on any atom is 0.330 e. The van der Waals surface area contributed by atoms with Crippen molar-refractivity contribution in [3.05, 3.63) is 54.1 Å². The fraction of sp³-hybridized carbons (Fsp3) is 0.0833. The van der Waals surface area contributed by atoms with Crippen LogP contribution in [-0.4, -0.2) is 13.1 Å². The zero-order valence-corrected chi connectivity index (χ0v) is 8.01. The van der Waals surface area contributed by atoms with Gasteiger partial charge in [0.1, 0.15) is 0 Å². The molecule has 0 radical (unpaired) electrons. The lowest BCUT2D eigenvalue weighted by Crippen LogP contribution is -1.92. The minimum Gasteiger partial charge on any atom is -0.466 e. The number of hydrogen-bond donors (Lipinski definition) is 0. The summed E-state index contributed by atoms with van der Waals surface area (Å²) in [5.74, 6) is -0.345. The van der Waals surface area contributed by atoms with Crippen molar-refractivity contribution in [2.75, 3.05) is 7.11 Å². The second-order valence-electron chi connectivity index (χ2n) is 2.65. The minimum absolute atomic E-state index is 0.345. The molecule has 1 rings (SSSR count). The van der Waals surface area contributed by atoms with Crippen LogP contribution >= 0.6 is 0 Å². The third-order valence-corrected chi connectivity index (χ3v) is 1.63. The maximum absolute atomic E-state index is 10.7. The fourth-order valence-electron chi connectivity index (χ4n) is 0.933. The zero-order chi connectivity index (χ0) is 10.2. The molecule has 2 heteroatoms. The Hall–Kier alpha value is -1.83. The summed E-state index contributed by atoms with van der Waals surface area (Å²) in [6.07, 6.45) is 6.74. The van der Waals surface area contributed by atoms with Gasteiger partial charge < -0.3 is 4.74 Å². The molecular formula is C12H12O2. The summed E-state index contributed by atoms with van der Waals surface area (Å²) in [6, 6.07) is 9.86. The number of allylic oxidation sites excluding steroid dienone is 2. The molecule has 0 fully saturated rings. The van der Waals surface area contributed by atoms with E-state index < -0.39 is 0 Å². The van der Waals surface area contributed by atoms with Crippen molar-refractivity contribution in [2.45, 2.75) is 0 Å². The molecule has 1 aromatic rings. The summed E-state index contributed by atoms with van der Waals surface area (Å²) in [5.41, 5.74) is 1.10. The first-order valence-electron chi connectivity index (χ1n) is 4.30. The second-order valence-corrected chi connectivity index (χ2v) is 2.65. The third kappa shape index (κ3) is 3.72. The third-order valence-electron chi connectivity index (χ3n) is 1.63. The fourth-order valence-corrected chi connectivity index (χ4v) is 0.933. The first-order chi connectivity index (χ1) is 6.83. The van der Waals surface area contributed by atoms with Gasteiger partial charge in [-0.15, -0.1) is 0 Å². The van der Waals surface area contributed by atoms with Gasteiger partial charge in [-0.1, -0.05) is 48.6 Å². The SMILES string of the molecule is COC(=O)/C=C\C=C\c1ccccc1. The van der Waals surface area contributed by atoms with Crippen molar-refractivity contribution in [2.24, 2.45) is 0 Å². The molecule has 0 atom stereocenters. The summed E-state index contributed by atoms with van der Waals surface area (Å²) < 4.78 is 4.44. The van der Waals surface area contributed by atoms with Gasteiger partial charge >= 0.3 is 5.97 Å². The van der Waals surface area contributed by atoms with Gasteiger partial charge in [0.2, 0.25) is 0 Å². The summed E-state index contributed by atoms with van der Waals surface area (Å²) in [4.78, 5) is 10.7. The van der Waals surface area contributed by atoms with Crippen molar-refractivity contribution in [1.29, 1.82) is 0 Å². The Balaban J connectivity index is 2.50. The van der Waals surface area contributed by atoms with Crippen LogP contribution in [0.3, 0.4) is 0 Å². The van der Waals surface area contributed by atoms with Crippen LogP contribution in [0.2, 0.25) is 0 Å². The molecule has 0 aliphatic heterocycles. The van der Waals surface area contributed by atoms with Crippen LogP contribution in [-0.2, 0) is 9.53 Å². The first-order valence-corrected chi connectivity index (χ1v) is 4.30. The molecule has 0 heterocycles. The van der Waals surface area contributed by atoms with E-state index in [1.165, 1.54) is 13.2 Å². The number of ether oxygens (including phenoxy) is 1. The van der Waals surface area contributed by atoms with Crippen LogP contribution < -0.4 is 0 Å². The molecular weight excluding hydrogens is 176 g/mol. The van der Waals surface area contributed by atoms with Crippen LogP contribution in [0, 0.1) is 0 Å². The van der Waals surface area contributed by atoms with Gasteiger partial charge in [-0.2, -0.15) is 0 Å². The van der Waals surface area contributed by atoms with Crippen LogP contribution in [0.5, 0.6) is 0 Å². The zero-order valence-electron chi connectivity index (χ0n) is 8.01. The highest BCUT2D eigenvalue weighted by atomic mass is 16.5. The molecule has 0 N–H and O–H groups in total. The Bertz CT molecular complexity index is 337. The Labute approximate surface area is 83.5 Å². The van der Waals surface area contributed by atoms with Crippen molar-refractivity contribution < 1.29 is 9.53 Å². The quantitative estimate of drug-likeness (QED) is 0.413. The van der Waals surface area contributed by atoms with Crippen LogP contribution in [0.15, 0.2) is 48.6 Å². The Morgan fingerprint density at radius 1 is 1.21 bits per heavy atom.